The molecule has 6 nitrogen and oxygen atoms in total. The molecular formula is C14H20N2O4S. The average Bonchev–Trinajstić information content (AvgIpc) is 2.49. The molecule has 7 heteroatoms. The van der Waals surface area contributed by atoms with Gasteiger partial charge in [-0.05, 0) is 24.3 Å². The van der Waals surface area contributed by atoms with Gasteiger partial charge in [0.15, 0.2) is 0 Å². The van der Waals surface area contributed by atoms with Crippen LogP contribution in [0.15, 0.2) is 30.3 Å². The summed E-state index contributed by atoms with van der Waals surface area (Å²) in [5, 5.41) is 11.3. The number of ether oxygens (including phenoxy) is 1. The monoisotopic (exact) mass is 312 g/mol. The highest BCUT2D eigenvalue weighted by Crippen LogP contribution is 2.07. The maximum absolute atomic E-state index is 11.5. The molecule has 1 rings (SSSR count). The van der Waals surface area contributed by atoms with Crippen LogP contribution < -0.4 is 15.8 Å². The normalized spacial score (nSPS) is 11.7. The van der Waals surface area contributed by atoms with E-state index in [0.717, 1.165) is 5.75 Å². The molecule has 116 valence electrons. The molecule has 21 heavy (non-hydrogen) atoms. The second-order valence-corrected chi connectivity index (χ2v) is 5.40. The topological polar surface area (TPSA) is 102 Å². The van der Waals surface area contributed by atoms with Crippen LogP contribution in [0.25, 0.3) is 0 Å². The van der Waals surface area contributed by atoms with Gasteiger partial charge in [-0.15, -0.1) is 0 Å². The van der Waals surface area contributed by atoms with Crippen LogP contribution in [0.1, 0.15) is 6.42 Å². The van der Waals surface area contributed by atoms with E-state index in [4.69, 9.17) is 15.6 Å². The Kier molecular flexibility index (Phi) is 8.30. The van der Waals surface area contributed by atoms with Gasteiger partial charge in [-0.2, -0.15) is 11.8 Å². The molecule has 0 aliphatic carbocycles. The molecule has 0 saturated heterocycles. The van der Waals surface area contributed by atoms with Crippen LogP contribution in [-0.4, -0.2) is 47.7 Å². The number of hydrogen-bond donors (Lipinski definition) is 3. The van der Waals surface area contributed by atoms with Gasteiger partial charge in [-0.3, -0.25) is 9.59 Å². The number of carboxylic acid groups (broad SMARTS) is 1. The molecule has 0 bridgehead atoms. The maximum atomic E-state index is 11.5. The average molecular weight is 312 g/mol. The molecule has 0 aliphatic heterocycles. The molecule has 1 aromatic carbocycles. The van der Waals surface area contributed by atoms with Crippen LogP contribution in [-0.2, 0) is 9.59 Å². The minimum absolute atomic E-state index is 0.0967. The molecule has 1 unspecified atom stereocenters. The Morgan fingerprint density at radius 3 is 2.71 bits per heavy atom. The van der Waals surface area contributed by atoms with Gasteiger partial charge in [0.25, 0.3) is 0 Å². The Hall–Kier alpha value is -1.73. The standard InChI is InChI=1S/C14H20N2O4S/c15-12(14(18)19)6-9-21-10-13(17)16-7-8-20-11-4-2-1-3-5-11/h1-5,12H,6-10,15H2,(H,16,17)(H,18,19). The van der Waals surface area contributed by atoms with Crippen LogP contribution in [0.5, 0.6) is 5.75 Å². The summed E-state index contributed by atoms with van der Waals surface area (Å²) < 4.78 is 5.44. The summed E-state index contributed by atoms with van der Waals surface area (Å²) in [6.07, 6.45) is 0.352. The quantitative estimate of drug-likeness (QED) is 0.550. The molecule has 0 heterocycles. The smallest absolute Gasteiger partial charge is 0.320 e. The fraction of sp³-hybridized carbons (Fsp3) is 0.429. The number of hydrogen-bond acceptors (Lipinski definition) is 5. The van der Waals surface area contributed by atoms with Crippen LogP contribution in [0, 0.1) is 0 Å². The van der Waals surface area contributed by atoms with E-state index in [1.165, 1.54) is 11.8 Å². The van der Waals surface area contributed by atoms with Crippen molar-refractivity contribution in [2.75, 3.05) is 24.7 Å². The highest BCUT2D eigenvalue weighted by molar-refractivity contribution is 7.99. The molecule has 0 spiro atoms. The number of para-hydroxylation sites is 1. The van der Waals surface area contributed by atoms with Gasteiger partial charge in [0.2, 0.25) is 5.91 Å². The number of nitrogens with one attached hydrogen (secondary N) is 1. The predicted molar refractivity (Wildman–Crippen MR) is 82.5 cm³/mol. The molecule has 1 amide bonds. The lowest BCUT2D eigenvalue weighted by Gasteiger charge is -2.08. The van der Waals surface area contributed by atoms with E-state index in [1.54, 1.807) is 0 Å². The van der Waals surface area contributed by atoms with Gasteiger partial charge in [0.05, 0.1) is 12.3 Å². The van der Waals surface area contributed by atoms with E-state index in [9.17, 15) is 9.59 Å². The number of aliphatic carboxylic acids is 1. The number of thioether (sulfide) groups is 1. The van der Waals surface area contributed by atoms with Gasteiger partial charge >= 0.3 is 5.97 Å². The van der Waals surface area contributed by atoms with E-state index in [1.807, 2.05) is 30.3 Å². The number of carbonyl (C=O) groups excluding carboxylic acids is 1. The van der Waals surface area contributed by atoms with Crippen molar-refractivity contribution in [3.05, 3.63) is 30.3 Å². The molecule has 4 N–H and O–H groups in total. The minimum Gasteiger partial charge on any atom is -0.492 e. The van der Waals surface area contributed by atoms with Crippen molar-refractivity contribution in [2.24, 2.45) is 5.73 Å². The molecule has 0 aromatic heterocycles. The summed E-state index contributed by atoms with van der Waals surface area (Å²) in [6.45, 7) is 0.841. The van der Waals surface area contributed by atoms with Crippen LogP contribution in [0.2, 0.25) is 0 Å². The SMILES string of the molecule is NC(CCSCC(=O)NCCOc1ccccc1)C(=O)O. The first kappa shape index (κ1) is 17.3. The first-order valence-corrected chi connectivity index (χ1v) is 7.75. The van der Waals surface area contributed by atoms with Gasteiger partial charge in [0, 0.05) is 0 Å². The van der Waals surface area contributed by atoms with E-state index in [2.05, 4.69) is 5.32 Å². The molecule has 0 radical (unpaired) electrons. The van der Waals surface area contributed by atoms with Gasteiger partial charge < -0.3 is 20.9 Å². The zero-order valence-electron chi connectivity index (χ0n) is 11.7. The number of amides is 1. The summed E-state index contributed by atoms with van der Waals surface area (Å²) in [5.41, 5.74) is 5.36. The Bertz CT molecular complexity index is 442. The van der Waals surface area contributed by atoms with Crippen molar-refractivity contribution in [2.45, 2.75) is 12.5 Å². The Balaban J connectivity index is 2.00. The van der Waals surface area contributed by atoms with Crippen LogP contribution >= 0.6 is 11.8 Å². The van der Waals surface area contributed by atoms with E-state index in [0.29, 0.717) is 25.3 Å². The second-order valence-electron chi connectivity index (χ2n) is 4.30. The van der Waals surface area contributed by atoms with Crippen LogP contribution in [0.3, 0.4) is 0 Å². The van der Waals surface area contributed by atoms with E-state index < -0.39 is 12.0 Å². The van der Waals surface area contributed by atoms with E-state index >= 15 is 0 Å². The van der Waals surface area contributed by atoms with E-state index in [-0.39, 0.29) is 11.7 Å². The fourth-order valence-corrected chi connectivity index (χ4v) is 2.28. The first-order chi connectivity index (χ1) is 10.1. The van der Waals surface area contributed by atoms with Crippen molar-refractivity contribution in [1.29, 1.82) is 0 Å². The van der Waals surface area contributed by atoms with Crippen molar-refractivity contribution in [1.82, 2.24) is 5.32 Å². The van der Waals surface area contributed by atoms with Crippen molar-refractivity contribution in [3.63, 3.8) is 0 Å². The Morgan fingerprint density at radius 1 is 1.33 bits per heavy atom. The van der Waals surface area contributed by atoms with Crippen molar-refractivity contribution < 1.29 is 19.4 Å². The third-order valence-corrected chi connectivity index (χ3v) is 3.55. The number of carboxylic acids is 1. The molecule has 0 saturated carbocycles. The Morgan fingerprint density at radius 2 is 2.05 bits per heavy atom. The van der Waals surface area contributed by atoms with Gasteiger partial charge in [-0.25, -0.2) is 0 Å². The number of benzene rings is 1. The summed E-state index contributed by atoms with van der Waals surface area (Å²) in [6, 6.07) is 8.51. The predicted octanol–water partition coefficient (Wildman–Crippen LogP) is 0.717. The summed E-state index contributed by atoms with van der Waals surface area (Å²) in [7, 11) is 0. The lowest BCUT2D eigenvalue weighted by atomic mass is 10.2. The second kappa shape index (κ2) is 10.1. The zero-order valence-corrected chi connectivity index (χ0v) is 12.5. The number of rotatable bonds is 10. The highest BCUT2D eigenvalue weighted by Gasteiger charge is 2.10. The zero-order chi connectivity index (χ0) is 15.5. The maximum Gasteiger partial charge on any atom is 0.320 e. The van der Waals surface area contributed by atoms with Crippen molar-refractivity contribution >= 4 is 23.6 Å². The molecular weight excluding hydrogens is 292 g/mol. The van der Waals surface area contributed by atoms with Gasteiger partial charge in [-0.1, -0.05) is 18.2 Å². The molecule has 1 aromatic rings. The van der Waals surface area contributed by atoms with Crippen molar-refractivity contribution in [3.8, 4) is 5.75 Å². The minimum atomic E-state index is -1.02. The molecule has 0 aliphatic rings. The largest absolute Gasteiger partial charge is 0.492 e. The summed E-state index contributed by atoms with van der Waals surface area (Å²) in [5.74, 6) is 0.487. The fourth-order valence-electron chi connectivity index (χ4n) is 1.43. The summed E-state index contributed by atoms with van der Waals surface area (Å²) >= 11 is 1.37. The first-order valence-electron chi connectivity index (χ1n) is 6.60. The lowest BCUT2D eigenvalue weighted by molar-refractivity contribution is -0.138. The summed E-state index contributed by atoms with van der Waals surface area (Å²) in [4.78, 5) is 22.0. The van der Waals surface area contributed by atoms with Crippen LogP contribution in [0.4, 0.5) is 0 Å². The number of nitrogens with two attached hydrogens (primary N) is 1. The Labute approximate surface area is 128 Å². The molecule has 0 fully saturated rings. The number of carbonyl (C=O) groups is 2. The third kappa shape index (κ3) is 8.21. The molecule has 1 atom stereocenters. The third-order valence-electron chi connectivity index (χ3n) is 2.56. The highest BCUT2D eigenvalue weighted by atomic mass is 32.2. The lowest BCUT2D eigenvalue weighted by Crippen LogP contribution is -2.31. The van der Waals surface area contributed by atoms with Gasteiger partial charge in [0.1, 0.15) is 18.4 Å².